The fourth-order valence-corrected chi connectivity index (χ4v) is 5.80. The highest BCUT2D eigenvalue weighted by Crippen LogP contribution is 2.38. The monoisotopic (exact) mass is 549 g/mol. The van der Waals surface area contributed by atoms with Crippen molar-refractivity contribution in [1.29, 1.82) is 0 Å². The van der Waals surface area contributed by atoms with Gasteiger partial charge in [0, 0.05) is 19.6 Å². The Morgan fingerprint density at radius 1 is 0.902 bits per heavy atom. The van der Waals surface area contributed by atoms with E-state index in [2.05, 4.69) is 85.6 Å². The molecule has 212 valence electrons. The molecule has 1 aliphatic carbocycles. The number of hydrogen-bond acceptors (Lipinski definition) is 4. The summed E-state index contributed by atoms with van der Waals surface area (Å²) < 4.78 is 11.5. The minimum absolute atomic E-state index is 0.143. The van der Waals surface area contributed by atoms with Crippen LogP contribution in [0.15, 0.2) is 91.0 Å². The van der Waals surface area contributed by atoms with Gasteiger partial charge in [0.2, 0.25) is 0 Å². The van der Waals surface area contributed by atoms with Crippen LogP contribution in [0.25, 0.3) is 11.1 Å². The van der Waals surface area contributed by atoms with Crippen LogP contribution in [0.3, 0.4) is 0 Å². The molecule has 5 rings (SSSR count). The minimum Gasteiger partial charge on any atom is -0.492 e. The predicted molar refractivity (Wildman–Crippen MR) is 164 cm³/mol. The van der Waals surface area contributed by atoms with Crippen LogP contribution in [0.5, 0.6) is 5.75 Å². The SMILES string of the molecule is CCOC(Cc1ccc(OCCN(C)C2c3ccc(-c4ccccc4)cc3CCc3ccc(C)cc32)cc1)C(=O)O. The van der Waals surface area contributed by atoms with Crippen molar-refractivity contribution in [1.82, 2.24) is 4.90 Å². The maximum absolute atomic E-state index is 11.4. The van der Waals surface area contributed by atoms with Crippen LogP contribution >= 0.6 is 0 Å². The second-order valence-corrected chi connectivity index (χ2v) is 10.8. The van der Waals surface area contributed by atoms with Crippen LogP contribution in [0, 0.1) is 6.92 Å². The standard InChI is InChI=1S/C36H39NO4/c1-4-40-34(36(38)39)23-26-11-17-31(18-12-26)41-21-20-37(3)35-32-19-16-29(27-8-6-5-7-9-27)24-30(32)15-14-28-13-10-25(2)22-33(28)35/h5-13,16-19,22,24,34-35H,4,14-15,20-21,23H2,1-3H3,(H,38,39). The van der Waals surface area contributed by atoms with Crippen molar-refractivity contribution in [3.63, 3.8) is 0 Å². The van der Waals surface area contributed by atoms with Crippen LogP contribution < -0.4 is 4.74 Å². The van der Waals surface area contributed by atoms with Crippen molar-refractivity contribution in [3.05, 3.63) is 124 Å². The molecular weight excluding hydrogens is 510 g/mol. The Labute approximate surface area is 243 Å². The van der Waals surface area contributed by atoms with Crippen molar-refractivity contribution < 1.29 is 19.4 Å². The molecule has 0 aliphatic heterocycles. The number of likely N-dealkylation sites (N-methyl/N-ethyl adjacent to an activating group) is 1. The summed E-state index contributed by atoms with van der Waals surface area (Å²) in [6.07, 6.45) is 1.54. The van der Waals surface area contributed by atoms with Crippen LogP contribution in [0.1, 0.15) is 46.3 Å². The molecule has 2 atom stereocenters. The van der Waals surface area contributed by atoms with Crippen molar-refractivity contribution in [3.8, 4) is 16.9 Å². The van der Waals surface area contributed by atoms with Crippen molar-refractivity contribution in [2.45, 2.75) is 45.3 Å². The molecule has 4 aromatic rings. The number of fused-ring (bicyclic) bond motifs is 2. The molecule has 0 heterocycles. The summed E-state index contributed by atoms with van der Waals surface area (Å²) in [4.78, 5) is 13.8. The zero-order valence-corrected chi connectivity index (χ0v) is 24.2. The Morgan fingerprint density at radius 3 is 2.39 bits per heavy atom. The number of hydrogen-bond donors (Lipinski definition) is 1. The minimum atomic E-state index is -0.941. The maximum atomic E-state index is 11.4. The van der Waals surface area contributed by atoms with E-state index in [4.69, 9.17) is 9.47 Å². The van der Waals surface area contributed by atoms with Gasteiger partial charge in [-0.2, -0.15) is 0 Å². The quantitative estimate of drug-likeness (QED) is 0.221. The smallest absolute Gasteiger partial charge is 0.333 e. The molecule has 0 saturated carbocycles. The molecule has 0 amide bonds. The molecule has 41 heavy (non-hydrogen) atoms. The number of carboxylic acid groups (broad SMARTS) is 1. The summed E-state index contributed by atoms with van der Waals surface area (Å²) in [5.41, 5.74) is 10.2. The molecule has 2 unspecified atom stereocenters. The normalized spacial score (nSPS) is 15.1. The molecule has 0 bridgehead atoms. The molecule has 0 spiro atoms. The van der Waals surface area contributed by atoms with E-state index < -0.39 is 12.1 Å². The van der Waals surface area contributed by atoms with Gasteiger partial charge in [-0.1, -0.05) is 84.4 Å². The van der Waals surface area contributed by atoms with E-state index in [0.717, 1.165) is 30.7 Å². The van der Waals surface area contributed by atoms with Gasteiger partial charge < -0.3 is 14.6 Å². The number of carboxylic acids is 1. The van der Waals surface area contributed by atoms with E-state index in [-0.39, 0.29) is 6.04 Å². The third-order valence-electron chi connectivity index (χ3n) is 7.95. The first-order chi connectivity index (χ1) is 19.9. The van der Waals surface area contributed by atoms with Gasteiger partial charge in [-0.3, -0.25) is 4.90 Å². The third-order valence-corrected chi connectivity index (χ3v) is 7.95. The number of ether oxygens (including phenoxy) is 2. The van der Waals surface area contributed by atoms with Gasteiger partial charge >= 0.3 is 5.97 Å². The van der Waals surface area contributed by atoms with E-state index in [0.29, 0.717) is 19.6 Å². The lowest BCUT2D eigenvalue weighted by molar-refractivity contribution is -0.149. The molecule has 0 aromatic heterocycles. The Bertz CT molecular complexity index is 1470. The Balaban J connectivity index is 1.32. The summed E-state index contributed by atoms with van der Waals surface area (Å²) in [5.74, 6) is -0.168. The van der Waals surface area contributed by atoms with Gasteiger partial charge in [-0.05, 0) is 84.8 Å². The van der Waals surface area contributed by atoms with Gasteiger partial charge in [-0.15, -0.1) is 0 Å². The highest BCUT2D eigenvalue weighted by atomic mass is 16.5. The fraction of sp³-hybridized carbons (Fsp3) is 0.306. The molecule has 5 heteroatoms. The molecule has 0 radical (unpaired) electrons. The lowest BCUT2D eigenvalue weighted by Crippen LogP contribution is -2.30. The van der Waals surface area contributed by atoms with Crippen molar-refractivity contribution >= 4 is 5.97 Å². The number of nitrogens with zero attached hydrogens (tertiary/aromatic N) is 1. The summed E-state index contributed by atoms with van der Waals surface area (Å²) >= 11 is 0. The largest absolute Gasteiger partial charge is 0.492 e. The number of benzene rings is 4. The molecule has 4 aromatic carbocycles. The fourth-order valence-electron chi connectivity index (χ4n) is 5.80. The molecular formula is C36H39NO4. The summed E-state index contributed by atoms with van der Waals surface area (Å²) in [6, 6.07) is 32.2. The van der Waals surface area contributed by atoms with Crippen LogP contribution in [0.4, 0.5) is 0 Å². The predicted octanol–water partition coefficient (Wildman–Crippen LogP) is 6.89. The van der Waals surface area contributed by atoms with E-state index in [1.165, 1.54) is 38.9 Å². The summed E-state index contributed by atoms with van der Waals surface area (Å²) in [6.45, 7) is 5.64. The molecule has 5 nitrogen and oxygen atoms in total. The average Bonchev–Trinajstić information content (AvgIpc) is 3.14. The van der Waals surface area contributed by atoms with Crippen molar-refractivity contribution in [2.24, 2.45) is 0 Å². The second kappa shape index (κ2) is 13.2. The van der Waals surface area contributed by atoms with Gasteiger partial charge in [0.05, 0.1) is 6.04 Å². The lowest BCUT2D eigenvalue weighted by atomic mass is 9.90. The first-order valence-electron chi connectivity index (χ1n) is 14.5. The highest BCUT2D eigenvalue weighted by Gasteiger charge is 2.27. The van der Waals surface area contributed by atoms with Crippen LogP contribution in [0.2, 0.25) is 0 Å². The zero-order valence-electron chi connectivity index (χ0n) is 24.2. The first kappa shape index (κ1) is 28.6. The summed E-state index contributed by atoms with van der Waals surface area (Å²) in [7, 11) is 2.18. The number of rotatable bonds is 11. The van der Waals surface area contributed by atoms with E-state index in [1.807, 2.05) is 24.3 Å². The average molecular weight is 550 g/mol. The Kier molecular flexibility index (Phi) is 9.17. The van der Waals surface area contributed by atoms with E-state index in [9.17, 15) is 9.90 Å². The number of aryl methyl sites for hydroxylation is 3. The van der Waals surface area contributed by atoms with Gasteiger partial charge in [-0.25, -0.2) is 4.79 Å². The maximum Gasteiger partial charge on any atom is 0.333 e. The van der Waals surface area contributed by atoms with Gasteiger partial charge in [0.15, 0.2) is 6.10 Å². The third kappa shape index (κ3) is 6.87. The molecule has 1 aliphatic rings. The Morgan fingerprint density at radius 2 is 1.66 bits per heavy atom. The topological polar surface area (TPSA) is 59.0 Å². The lowest BCUT2D eigenvalue weighted by Gasteiger charge is -2.31. The number of aliphatic carboxylic acids is 1. The second-order valence-electron chi connectivity index (χ2n) is 10.8. The van der Waals surface area contributed by atoms with E-state index >= 15 is 0 Å². The molecule has 0 saturated heterocycles. The van der Waals surface area contributed by atoms with Crippen LogP contribution in [-0.2, 0) is 28.8 Å². The summed E-state index contributed by atoms with van der Waals surface area (Å²) in [5, 5.41) is 9.36. The van der Waals surface area contributed by atoms with Gasteiger partial charge in [0.1, 0.15) is 12.4 Å². The first-order valence-corrected chi connectivity index (χ1v) is 14.5. The van der Waals surface area contributed by atoms with Crippen LogP contribution in [-0.4, -0.2) is 48.9 Å². The number of carbonyl (C=O) groups is 1. The van der Waals surface area contributed by atoms with E-state index in [1.54, 1.807) is 6.92 Å². The zero-order chi connectivity index (χ0) is 28.8. The molecule has 0 fully saturated rings. The van der Waals surface area contributed by atoms with Gasteiger partial charge in [0.25, 0.3) is 0 Å². The highest BCUT2D eigenvalue weighted by molar-refractivity contribution is 5.72. The Hall–Kier alpha value is -3.93. The molecule has 1 N–H and O–H groups in total. The van der Waals surface area contributed by atoms with Crippen molar-refractivity contribution in [2.75, 3.05) is 26.8 Å².